The van der Waals surface area contributed by atoms with Gasteiger partial charge in [0, 0.05) is 18.5 Å². The molecule has 0 unspecified atom stereocenters. The highest BCUT2D eigenvalue weighted by Crippen LogP contribution is 2.17. The van der Waals surface area contributed by atoms with Crippen LogP contribution in [0.3, 0.4) is 0 Å². The maximum absolute atomic E-state index is 12.2. The van der Waals surface area contributed by atoms with E-state index in [-0.39, 0.29) is 5.91 Å². The number of nitrogens with zero attached hydrogens (tertiary/aromatic N) is 1. The van der Waals surface area contributed by atoms with E-state index in [0.29, 0.717) is 18.5 Å². The molecule has 1 aromatic rings. The lowest BCUT2D eigenvalue weighted by Crippen LogP contribution is -2.40. The molecule has 16 heavy (non-hydrogen) atoms. The summed E-state index contributed by atoms with van der Waals surface area (Å²) in [6.07, 6.45) is 1.95. The van der Waals surface area contributed by atoms with Crippen molar-refractivity contribution in [1.82, 2.24) is 4.90 Å². The van der Waals surface area contributed by atoms with E-state index in [1.807, 2.05) is 22.4 Å². The second-order valence-electron chi connectivity index (χ2n) is 3.64. The monoisotopic (exact) mass is 259 g/mol. The van der Waals surface area contributed by atoms with Crippen LogP contribution in [0.2, 0.25) is 0 Å². The van der Waals surface area contributed by atoms with Crippen LogP contribution in [-0.4, -0.2) is 29.3 Å². The predicted molar refractivity (Wildman–Crippen MR) is 70.4 cm³/mol. The highest BCUT2D eigenvalue weighted by atomic mass is 35.5. The van der Waals surface area contributed by atoms with Crippen molar-refractivity contribution in [3.63, 3.8) is 0 Å². The van der Waals surface area contributed by atoms with Crippen LogP contribution in [0, 0.1) is 0 Å². The fourth-order valence-electron chi connectivity index (χ4n) is 1.81. The molecular formula is C12H18ClNOS. The molecule has 0 aliphatic rings. The van der Waals surface area contributed by atoms with Crippen LogP contribution < -0.4 is 0 Å². The van der Waals surface area contributed by atoms with Gasteiger partial charge in [-0.15, -0.1) is 22.9 Å². The molecule has 0 bridgehead atoms. The van der Waals surface area contributed by atoms with E-state index in [1.165, 1.54) is 11.3 Å². The molecule has 4 heteroatoms. The summed E-state index contributed by atoms with van der Waals surface area (Å²) in [5, 5.41) is 1.93. The van der Waals surface area contributed by atoms with E-state index in [2.05, 4.69) is 13.8 Å². The first-order chi connectivity index (χ1) is 7.74. The third kappa shape index (κ3) is 3.22. The number of rotatable bonds is 6. The lowest BCUT2D eigenvalue weighted by molar-refractivity contribution is 0.0686. The zero-order valence-electron chi connectivity index (χ0n) is 9.78. The highest BCUT2D eigenvalue weighted by Gasteiger charge is 2.22. The molecule has 0 aliphatic carbocycles. The number of hydrogen-bond acceptors (Lipinski definition) is 2. The largest absolute Gasteiger partial charge is 0.334 e. The Bertz CT molecular complexity index is 309. The molecule has 0 aromatic carbocycles. The summed E-state index contributed by atoms with van der Waals surface area (Å²) in [5.41, 5.74) is 0. The van der Waals surface area contributed by atoms with Gasteiger partial charge < -0.3 is 4.90 Å². The topological polar surface area (TPSA) is 20.3 Å². The van der Waals surface area contributed by atoms with Crippen molar-refractivity contribution in [3.8, 4) is 0 Å². The summed E-state index contributed by atoms with van der Waals surface area (Å²) >= 11 is 7.26. The lowest BCUT2D eigenvalue weighted by Gasteiger charge is -2.29. The Labute approximate surface area is 106 Å². The molecule has 0 fully saturated rings. The van der Waals surface area contributed by atoms with Crippen LogP contribution in [0.4, 0.5) is 0 Å². The van der Waals surface area contributed by atoms with Crippen molar-refractivity contribution in [2.45, 2.75) is 32.7 Å². The van der Waals surface area contributed by atoms with Gasteiger partial charge in [-0.3, -0.25) is 4.79 Å². The van der Waals surface area contributed by atoms with Crippen LogP contribution >= 0.6 is 22.9 Å². The second-order valence-corrected chi connectivity index (χ2v) is 4.96. The van der Waals surface area contributed by atoms with E-state index in [4.69, 9.17) is 11.6 Å². The van der Waals surface area contributed by atoms with Gasteiger partial charge in [-0.05, 0) is 24.3 Å². The number of thiophene rings is 1. The van der Waals surface area contributed by atoms with Crippen LogP contribution in [-0.2, 0) is 0 Å². The number of hydrogen-bond donors (Lipinski definition) is 0. The number of carbonyl (C=O) groups is 1. The zero-order valence-corrected chi connectivity index (χ0v) is 11.4. The Kier molecular flexibility index (Phi) is 5.85. The molecule has 90 valence electrons. The van der Waals surface area contributed by atoms with Crippen LogP contribution in [0.1, 0.15) is 36.4 Å². The minimum atomic E-state index is 0.115. The molecule has 1 heterocycles. The first kappa shape index (κ1) is 13.5. The fraction of sp³-hybridized carbons (Fsp3) is 0.583. The normalized spacial score (nSPS) is 10.8. The Morgan fingerprint density at radius 1 is 1.50 bits per heavy atom. The van der Waals surface area contributed by atoms with Gasteiger partial charge >= 0.3 is 0 Å². The fourth-order valence-corrected chi connectivity index (χ4v) is 2.67. The lowest BCUT2D eigenvalue weighted by atomic mass is 10.1. The summed E-state index contributed by atoms with van der Waals surface area (Å²) < 4.78 is 0. The summed E-state index contributed by atoms with van der Waals surface area (Å²) in [7, 11) is 0. The molecule has 1 amide bonds. The van der Waals surface area contributed by atoms with Crippen LogP contribution in [0.25, 0.3) is 0 Å². The Hall–Kier alpha value is -0.540. The minimum absolute atomic E-state index is 0.115. The molecule has 0 saturated heterocycles. The number of alkyl halides is 1. The van der Waals surface area contributed by atoms with E-state index < -0.39 is 0 Å². The molecule has 0 radical (unpaired) electrons. The van der Waals surface area contributed by atoms with E-state index in [1.54, 1.807) is 0 Å². The van der Waals surface area contributed by atoms with Crippen LogP contribution in [0.15, 0.2) is 17.5 Å². The second kappa shape index (κ2) is 6.92. The Morgan fingerprint density at radius 2 is 2.19 bits per heavy atom. The highest BCUT2D eigenvalue weighted by molar-refractivity contribution is 7.12. The third-order valence-corrected chi connectivity index (χ3v) is 3.73. The van der Waals surface area contributed by atoms with Crippen molar-refractivity contribution >= 4 is 28.8 Å². The first-order valence-corrected chi connectivity index (χ1v) is 7.06. The van der Waals surface area contributed by atoms with Crippen molar-refractivity contribution < 1.29 is 4.79 Å². The van der Waals surface area contributed by atoms with Gasteiger partial charge in [0.2, 0.25) is 0 Å². The average molecular weight is 260 g/mol. The third-order valence-electron chi connectivity index (χ3n) is 2.70. The number of carbonyl (C=O) groups excluding carboxylic acids is 1. The molecule has 2 nitrogen and oxygen atoms in total. The van der Waals surface area contributed by atoms with Gasteiger partial charge in [-0.2, -0.15) is 0 Å². The predicted octanol–water partition coefficient (Wildman–Crippen LogP) is 3.62. The van der Waals surface area contributed by atoms with Gasteiger partial charge in [0.25, 0.3) is 5.91 Å². The van der Waals surface area contributed by atoms with Crippen molar-refractivity contribution in [2.24, 2.45) is 0 Å². The molecule has 1 rings (SSSR count). The minimum Gasteiger partial charge on any atom is -0.334 e. The summed E-state index contributed by atoms with van der Waals surface area (Å²) in [6, 6.07) is 4.08. The van der Waals surface area contributed by atoms with Crippen LogP contribution in [0.5, 0.6) is 0 Å². The average Bonchev–Trinajstić information content (AvgIpc) is 2.82. The molecular weight excluding hydrogens is 242 g/mol. The summed E-state index contributed by atoms with van der Waals surface area (Å²) in [5.74, 6) is 0.609. The summed E-state index contributed by atoms with van der Waals surface area (Å²) in [6.45, 7) is 4.85. The van der Waals surface area contributed by atoms with Gasteiger partial charge in [0.15, 0.2) is 0 Å². The summed E-state index contributed by atoms with van der Waals surface area (Å²) in [4.78, 5) is 14.9. The molecule has 0 saturated carbocycles. The number of amides is 1. The van der Waals surface area contributed by atoms with E-state index in [0.717, 1.165) is 17.7 Å². The molecule has 0 spiro atoms. The molecule has 1 aromatic heterocycles. The standard InChI is InChI=1S/C12H18ClNOS/c1-3-10(4-2)14(8-7-13)12(15)11-6-5-9-16-11/h5-6,9-10H,3-4,7-8H2,1-2H3. The number of halogens is 1. The Balaban J connectivity index is 2.80. The SMILES string of the molecule is CCC(CC)N(CCCl)C(=O)c1cccs1. The van der Waals surface area contributed by atoms with Gasteiger partial charge in [0.1, 0.15) is 0 Å². The van der Waals surface area contributed by atoms with Gasteiger partial charge in [-0.1, -0.05) is 19.9 Å². The maximum atomic E-state index is 12.2. The van der Waals surface area contributed by atoms with Crippen molar-refractivity contribution in [3.05, 3.63) is 22.4 Å². The molecule has 0 aliphatic heterocycles. The van der Waals surface area contributed by atoms with Gasteiger partial charge in [0.05, 0.1) is 4.88 Å². The molecule has 0 atom stereocenters. The molecule has 0 N–H and O–H groups in total. The maximum Gasteiger partial charge on any atom is 0.264 e. The smallest absolute Gasteiger partial charge is 0.264 e. The van der Waals surface area contributed by atoms with E-state index in [9.17, 15) is 4.79 Å². The quantitative estimate of drug-likeness (QED) is 0.715. The Morgan fingerprint density at radius 3 is 2.62 bits per heavy atom. The zero-order chi connectivity index (χ0) is 12.0. The first-order valence-electron chi connectivity index (χ1n) is 5.65. The van der Waals surface area contributed by atoms with Crippen molar-refractivity contribution in [2.75, 3.05) is 12.4 Å². The van der Waals surface area contributed by atoms with Crippen molar-refractivity contribution in [1.29, 1.82) is 0 Å². The van der Waals surface area contributed by atoms with E-state index >= 15 is 0 Å². The van der Waals surface area contributed by atoms with Gasteiger partial charge in [-0.25, -0.2) is 0 Å².